The lowest BCUT2D eigenvalue weighted by Crippen LogP contribution is -2.45. The van der Waals surface area contributed by atoms with Crippen LogP contribution in [0.15, 0.2) is 24.3 Å². The maximum Gasteiger partial charge on any atom is 0.222 e. The first-order valence-corrected chi connectivity index (χ1v) is 21.1. The number of unbranched alkanes of at least 4 members (excludes halogenated alkanes) is 27. The van der Waals surface area contributed by atoms with Crippen molar-refractivity contribution >= 4 is 5.91 Å². The summed E-state index contributed by atoms with van der Waals surface area (Å²) in [6.45, 7) is 4.17. The molecule has 4 N–H and O–H groups in total. The van der Waals surface area contributed by atoms with E-state index in [0.29, 0.717) is 6.42 Å². The van der Waals surface area contributed by atoms with E-state index in [4.69, 9.17) is 0 Å². The van der Waals surface area contributed by atoms with Crippen LogP contribution in [0.25, 0.3) is 0 Å². The van der Waals surface area contributed by atoms with Gasteiger partial charge in [0.1, 0.15) is 0 Å². The number of rotatable bonds is 38. The van der Waals surface area contributed by atoms with E-state index in [1.54, 1.807) is 6.08 Å². The van der Waals surface area contributed by atoms with E-state index in [-0.39, 0.29) is 18.9 Å². The molecule has 0 aromatic heterocycles. The second-order valence-electron chi connectivity index (χ2n) is 14.6. The van der Waals surface area contributed by atoms with Crippen LogP contribution >= 0.6 is 0 Å². The van der Waals surface area contributed by atoms with E-state index >= 15 is 0 Å². The summed E-state index contributed by atoms with van der Waals surface area (Å²) in [7, 11) is 0. The third-order valence-corrected chi connectivity index (χ3v) is 9.74. The molecular formula is C43H83NO4. The molecule has 5 heteroatoms. The van der Waals surface area contributed by atoms with Crippen LogP contribution in [0.5, 0.6) is 0 Å². The van der Waals surface area contributed by atoms with Crippen molar-refractivity contribution in [2.24, 2.45) is 0 Å². The first kappa shape index (κ1) is 46.8. The van der Waals surface area contributed by atoms with Crippen LogP contribution in [-0.4, -0.2) is 46.1 Å². The Morgan fingerprint density at radius 1 is 0.521 bits per heavy atom. The molecule has 0 heterocycles. The van der Waals surface area contributed by atoms with Gasteiger partial charge >= 0.3 is 0 Å². The molecule has 0 bridgehead atoms. The maximum atomic E-state index is 12.4. The van der Waals surface area contributed by atoms with Gasteiger partial charge in [-0.05, 0) is 32.1 Å². The van der Waals surface area contributed by atoms with Crippen molar-refractivity contribution in [3.63, 3.8) is 0 Å². The number of amides is 1. The predicted octanol–water partition coefficient (Wildman–Crippen LogP) is 11.8. The summed E-state index contributed by atoms with van der Waals surface area (Å²) in [5.74, 6) is -0.325. The fraction of sp³-hybridized carbons (Fsp3) is 0.884. The molecule has 0 saturated heterocycles. The van der Waals surface area contributed by atoms with Crippen LogP contribution in [-0.2, 0) is 4.79 Å². The molecule has 0 aliphatic rings. The van der Waals surface area contributed by atoms with Gasteiger partial charge < -0.3 is 20.6 Å². The number of carbonyl (C=O) groups is 1. The van der Waals surface area contributed by atoms with Gasteiger partial charge in [-0.1, -0.05) is 205 Å². The molecule has 0 aliphatic heterocycles. The number of hydrogen-bond acceptors (Lipinski definition) is 4. The van der Waals surface area contributed by atoms with Crippen LogP contribution in [0.2, 0.25) is 0 Å². The molecular weight excluding hydrogens is 594 g/mol. The third-order valence-electron chi connectivity index (χ3n) is 9.74. The summed E-state index contributed by atoms with van der Waals surface area (Å²) in [4.78, 5) is 12.4. The molecule has 5 nitrogen and oxygen atoms in total. The van der Waals surface area contributed by atoms with Gasteiger partial charge in [-0.2, -0.15) is 0 Å². The highest BCUT2D eigenvalue weighted by molar-refractivity contribution is 5.76. The van der Waals surface area contributed by atoms with E-state index in [1.807, 2.05) is 6.08 Å². The van der Waals surface area contributed by atoms with Crippen molar-refractivity contribution in [2.75, 3.05) is 6.61 Å². The van der Waals surface area contributed by atoms with E-state index in [1.165, 1.54) is 161 Å². The second kappa shape index (κ2) is 38.6. The number of hydrogen-bond donors (Lipinski definition) is 4. The molecule has 48 heavy (non-hydrogen) atoms. The van der Waals surface area contributed by atoms with Gasteiger partial charge in [0.05, 0.1) is 31.3 Å². The highest BCUT2D eigenvalue weighted by Crippen LogP contribution is 2.16. The zero-order chi connectivity index (χ0) is 35.2. The Balaban J connectivity index is 3.58. The normalized spacial score (nSPS) is 13.9. The van der Waals surface area contributed by atoms with E-state index in [2.05, 4.69) is 31.3 Å². The molecule has 0 aliphatic carbocycles. The zero-order valence-electron chi connectivity index (χ0n) is 32.1. The molecule has 1 amide bonds. The Bertz CT molecular complexity index is 709. The molecule has 0 rings (SSSR count). The molecule has 0 spiro atoms. The molecule has 0 fully saturated rings. The van der Waals surface area contributed by atoms with Crippen LogP contribution in [0.4, 0.5) is 0 Å². The summed E-state index contributed by atoms with van der Waals surface area (Å²) in [6, 6.07) is -0.755. The molecule has 3 unspecified atom stereocenters. The van der Waals surface area contributed by atoms with Crippen molar-refractivity contribution in [2.45, 2.75) is 238 Å². The summed E-state index contributed by atoms with van der Waals surface area (Å²) < 4.78 is 0. The van der Waals surface area contributed by atoms with Crippen molar-refractivity contribution in [3.05, 3.63) is 24.3 Å². The number of aliphatic hydroxyl groups is 3. The minimum Gasteiger partial charge on any atom is -0.394 e. The fourth-order valence-electron chi connectivity index (χ4n) is 6.47. The zero-order valence-corrected chi connectivity index (χ0v) is 32.1. The number of allylic oxidation sites excluding steroid dienone is 3. The molecule has 0 aromatic rings. The van der Waals surface area contributed by atoms with Gasteiger partial charge in [-0.25, -0.2) is 0 Å². The SMILES string of the molecule is CCCCCC/C=C/CC/C=C/C(O)C(CO)NC(=O)CC(O)CCCCCCCCCCCCCCCCCCCCCCCCC. The molecule has 0 saturated carbocycles. The van der Waals surface area contributed by atoms with Crippen molar-refractivity contribution < 1.29 is 20.1 Å². The van der Waals surface area contributed by atoms with Gasteiger partial charge in [-0.15, -0.1) is 0 Å². The predicted molar refractivity (Wildman–Crippen MR) is 208 cm³/mol. The van der Waals surface area contributed by atoms with Gasteiger partial charge in [-0.3, -0.25) is 4.79 Å². The highest BCUT2D eigenvalue weighted by Gasteiger charge is 2.20. The lowest BCUT2D eigenvalue weighted by atomic mass is 10.0. The minimum absolute atomic E-state index is 0.00922. The van der Waals surface area contributed by atoms with E-state index in [0.717, 1.165) is 32.1 Å². The standard InChI is InChI=1S/C43H83NO4/c1-3-5-7-9-11-13-15-16-17-18-19-20-21-22-23-24-25-26-27-28-30-32-34-36-40(46)38-43(48)44-41(39-45)42(47)37-35-33-31-29-14-12-10-8-6-4-2/h14,29,35,37,40-42,45-47H,3-13,15-28,30-34,36,38-39H2,1-2H3,(H,44,48)/b29-14+,37-35+. The topological polar surface area (TPSA) is 89.8 Å². The highest BCUT2D eigenvalue weighted by atomic mass is 16.3. The largest absolute Gasteiger partial charge is 0.394 e. The van der Waals surface area contributed by atoms with Crippen LogP contribution in [0.3, 0.4) is 0 Å². The van der Waals surface area contributed by atoms with Crippen LogP contribution < -0.4 is 5.32 Å². The Labute approximate surface area is 299 Å². The monoisotopic (exact) mass is 678 g/mol. The van der Waals surface area contributed by atoms with Crippen molar-refractivity contribution in [3.8, 4) is 0 Å². The third kappa shape index (κ3) is 34.7. The number of aliphatic hydroxyl groups excluding tert-OH is 3. The maximum absolute atomic E-state index is 12.4. The van der Waals surface area contributed by atoms with Crippen molar-refractivity contribution in [1.82, 2.24) is 5.32 Å². The Kier molecular flexibility index (Phi) is 37.7. The van der Waals surface area contributed by atoms with Crippen LogP contribution in [0, 0.1) is 0 Å². The first-order valence-electron chi connectivity index (χ1n) is 21.1. The number of nitrogens with one attached hydrogen (secondary N) is 1. The summed E-state index contributed by atoms with van der Waals surface area (Å²) >= 11 is 0. The first-order chi connectivity index (χ1) is 23.5. The van der Waals surface area contributed by atoms with E-state index < -0.39 is 18.2 Å². The van der Waals surface area contributed by atoms with Crippen molar-refractivity contribution in [1.29, 1.82) is 0 Å². The van der Waals surface area contributed by atoms with Crippen LogP contribution in [0.1, 0.15) is 219 Å². The Morgan fingerprint density at radius 2 is 0.896 bits per heavy atom. The number of carbonyl (C=O) groups excluding carboxylic acids is 1. The second-order valence-corrected chi connectivity index (χ2v) is 14.6. The smallest absolute Gasteiger partial charge is 0.222 e. The molecule has 3 atom stereocenters. The summed E-state index contributed by atoms with van der Waals surface area (Å²) in [5.41, 5.74) is 0. The Morgan fingerprint density at radius 3 is 1.33 bits per heavy atom. The quantitative estimate of drug-likeness (QED) is 0.0387. The lowest BCUT2D eigenvalue weighted by molar-refractivity contribution is -0.124. The summed E-state index contributed by atoms with van der Waals surface area (Å²) in [5, 5.41) is 33.0. The lowest BCUT2D eigenvalue weighted by Gasteiger charge is -2.21. The average molecular weight is 678 g/mol. The summed E-state index contributed by atoms with van der Waals surface area (Å²) in [6.07, 6.45) is 46.2. The molecule has 0 aromatic carbocycles. The molecule has 284 valence electrons. The minimum atomic E-state index is -0.946. The van der Waals surface area contributed by atoms with Gasteiger partial charge in [0.2, 0.25) is 5.91 Å². The van der Waals surface area contributed by atoms with Gasteiger partial charge in [0.15, 0.2) is 0 Å². The average Bonchev–Trinajstić information content (AvgIpc) is 3.08. The van der Waals surface area contributed by atoms with E-state index in [9.17, 15) is 20.1 Å². The van der Waals surface area contributed by atoms with Gasteiger partial charge in [0, 0.05) is 0 Å². The fourth-order valence-corrected chi connectivity index (χ4v) is 6.47. The molecule has 0 radical (unpaired) electrons. The Hall–Kier alpha value is -1.17. The van der Waals surface area contributed by atoms with Gasteiger partial charge in [0.25, 0.3) is 0 Å².